The largest absolute Gasteiger partial charge is 1.00 e. The molecule has 0 aliphatic carbocycles. The standard InChI is InChI=1S/4C6H8O7.2Na/c4*7-3(8)1-6(13,5(11)12)2-4(9)10;;/h4*13H,1-2H2,(H,7,8)(H,9,10)(H,11,12);;/q;;;;2*+1/p-2. The summed E-state index contributed by atoms with van der Waals surface area (Å²) in [6.45, 7) is 0. The number of carboxylic acids is 12. The van der Waals surface area contributed by atoms with E-state index in [0.29, 0.717) is 0 Å². The summed E-state index contributed by atoms with van der Waals surface area (Å²) in [5, 5.41) is 139. The van der Waals surface area contributed by atoms with E-state index in [1.165, 1.54) is 0 Å². The van der Waals surface area contributed by atoms with Crippen molar-refractivity contribution in [1.29, 1.82) is 0 Å². The zero-order chi connectivity index (χ0) is 42.6. The Bertz CT molecular complexity index is 1130. The van der Waals surface area contributed by atoms with Gasteiger partial charge in [-0.25, -0.2) is 19.2 Å². The van der Waals surface area contributed by atoms with E-state index in [9.17, 15) is 67.7 Å². The van der Waals surface area contributed by atoms with Crippen LogP contribution in [0.15, 0.2) is 0 Å². The van der Waals surface area contributed by atoms with Crippen molar-refractivity contribution < 1.29 is 198 Å². The van der Waals surface area contributed by atoms with Gasteiger partial charge < -0.3 is 91.3 Å². The first-order chi connectivity index (χ1) is 23.1. The number of carboxylic acid groups (broad SMARTS) is 12. The summed E-state index contributed by atoms with van der Waals surface area (Å²) < 4.78 is 0. The molecule has 0 unspecified atom stereocenters. The number of hydrogen-bond donors (Lipinski definition) is 14. The molecule has 0 atom stereocenters. The predicted molar refractivity (Wildman–Crippen MR) is 143 cm³/mol. The number of rotatable bonds is 20. The third-order valence-electron chi connectivity index (χ3n) is 5.13. The first-order valence-corrected chi connectivity index (χ1v) is 12.6. The summed E-state index contributed by atoms with van der Waals surface area (Å²) in [6.07, 6.45) is -9.46. The van der Waals surface area contributed by atoms with Gasteiger partial charge in [0.25, 0.3) is 0 Å². The molecular formula is C24H30Na2O28. The molecule has 0 radical (unpaired) electrons. The predicted octanol–water partition coefficient (Wildman–Crippen LogP) is -13.7. The Hall–Kier alpha value is -4.52. The van der Waals surface area contributed by atoms with Crippen LogP contribution in [0.4, 0.5) is 0 Å². The molecule has 296 valence electrons. The topological polar surface area (TPSA) is 534 Å². The zero-order valence-electron chi connectivity index (χ0n) is 27.6. The molecule has 0 fully saturated rings. The van der Waals surface area contributed by atoms with E-state index < -0.39 is 145 Å². The van der Waals surface area contributed by atoms with E-state index >= 15 is 0 Å². The van der Waals surface area contributed by atoms with Crippen molar-refractivity contribution in [2.45, 2.75) is 73.8 Å². The molecule has 0 aromatic carbocycles. The van der Waals surface area contributed by atoms with Crippen LogP contribution in [0, 0.1) is 0 Å². The first-order valence-electron chi connectivity index (χ1n) is 12.6. The fourth-order valence-corrected chi connectivity index (χ4v) is 2.83. The second-order valence-corrected chi connectivity index (χ2v) is 9.87. The van der Waals surface area contributed by atoms with E-state index in [1.54, 1.807) is 0 Å². The van der Waals surface area contributed by atoms with Crippen LogP contribution in [0.5, 0.6) is 0 Å². The van der Waals surface area contributed by atoms with Gasteiger partial charge in [-0.3, -0.25) is 28.8 Å². The Morgan fingerprint density at radius 3 is 0.481 bits per heavy atom. The Labute approximate surface area is 342 Å². The average molecular weight is 812 g/mol. The molecule has 0 rings (SSSR count). The Balaban J connectivity index is -0.000000140. The van der Waals surface area contributed by atoms with E-state index in [-0.39, 0.29) is 59.1 Å². The maximum atomic E-state index is 10.3. The van der Waals surface area contributed by atoms with Crippen molar-refractivity contribution in [3.63, 3.8) is 0 Å². The van der Waals surface area contributed by atoms with Crippen LogP contribution in [0.3, 0.4) is 0 Å². The Morgan fingerprint density at radius 2 is 0.407 bits per heavy atom. The fraction of sp³-hybridized carbons (Fsp3) is 0.500. The maximum Gasteiger partial charge on any atom is 1.00 e. The van der Waals surface area contributed by atoms with Gasteiger partial charge in [-0.15, -0.1) is 0 Å². The van der Waals surface area contributed by atoms with Gasteiger partial charge in [0, 0.05) is 24.8 Å². The number of aliphatic hydroxyl groups is 4. The van der Waals surface area contributed by atoms with Gasteiger partial charge in [-0.05, 0) is 0 Å². The molecule has 28 nitrogen and oxygen atoms in total. The quantitative estimate of drug-likeness (QED) is 0.0507. The SMILES string of the molecule is O=C(O)CC(O)(CC(=O)O)C(=O)O.O=C(O)CC(O)(CC(=O)O)C(=O)O.O=C(O)CC(O)(CC(=O)O)C(=O)O.O=C([O-])CC(O)(CC(=O)[O-])C(=O)O.[Na+].[Na+]. The fourth-order valence-electron chi connectivity index (χ4n) is 2.83. The molecule has 0 saturated carbocycles. The number of carbonyl (C=O) groups is 12. The summed E-state index contributed by atoms with van der Waals surface area (Å²) in [6, 6.07) is 0. The van der Waals surface area contributed by atoms with Crippen LogP contribution in [0.25, 0.3) is 0 Å². The van der Waals surface area contributed by atoms with Gasteiger partial charge in [0.2, 0.25) is 0 Å². The summed E-state index contributed by atoms with van der Waals surface area (Å²) in [5.74, 6) is -20.7. The monoisotopic (exact) mass is 812 g/mol. The van der Waals surface area contributed by atoms with E-state index in [1.807, 2.05) is 0 Å². The Kier molecular flexibility index (Phi) is 30.9. The van der Waals surface area contributed by atoms with Crippen molar-refractivity contribution in [2.24, 2.45) is 0 Å². The van der Waals surface area contributed by atoms with Crippen molar-refractivity contribution >= 4 is 71.6 Å². The molecule has 0 aromatic rings. The molecule has 0 saturated heterocycles. The molecule has 14 N–H and O–H groups in total. The van der Waals surface area contributed by atoms with Gasteiger partial charge >= 0.3 is 119 Å². The van der Waals surface area contributed by atoms with Crippen LogP contribution in [0.2, 0.25) is 0 Å². The van der Waals surface area contributed by atoms with Crippen molar-refractivity contribution in [3.8, 4) is 0 Å². The molecule has 0 aromatic heterocycles. The summed E-state index contributed by atoms with van der Waals surface area (Å²) >= 11 is 0. The minimum atomic E-state index is -2.86. The summed E-state index contributed by atoms with van der Waals surface area (Å²) in [4.78, 5) is 122. The van der Waals surface area contributed by atoms with Crippen LogP contribution < -0.4 is 69.3 Å². The van der Waals surface area contributed by atoms with Crippen LogP contribution in [-0.4, -0.2) is 166 Å². The van der Waals surface area contributed by atoms with Gasteiger partial charge in [-0.1, -0.05) is 0 Å². The molecule has 0 heterocycles. The Morgan fingerprint density at radius 1 is 0.296 bits per heavy atom. The van der Waals surface area contributed by atoms with Crippen molar-refractivity contribution in [1.82, 2.24) is 0 Å². The van der Waals surface area contributed by atoms with Gasteiger partial charge in [-0.2, -0.15) is 0 Å². The average Bonchev–Trinajstić information content (AvgIpc) is 2.85. The zero-order valence-corrected chi connectivity index (χ0v) is 31.6. The van der Waals surface area contributed by atoms with Crippen LogP contribution in [0.1, 0.15) is 51.4 Å². The molecule has 0 spiro atoms. The van der Waals surface area contributed by atoms with E-state index in [2.05, 4.69) is 0 Å². The smallest absolute Gasteiger partial charge is 0.550 e. The second kappa shape index (κ2) is 27.1. The number of carbonyl (C=O) groups excluding carboxylic acids is 2. The van der Waals surface area contributed by atoms with E-state index in [4.69, 9.17) is 71.5 Å². The normalized spacial score (nSPS) is 10.4. The molecule has 54 heavy (non-hydrogen) atoms. The summed E-state index contributed by atoms with van der Waals surface area (Å²) in [5.41, 5.74) is -11.1. The molecule has 30 heteroatoms. The van der Waals surface area contributed by atoms with Gasteiger partial charge in [0.05, 0.1) is 38.5 Å². The third kappa shape index (κ3) is 29.0. The van der Waals surface area contributed by atoms with Crippen LogP contribution in [-0.2, 0) is 57.5 Å². The summed E-state index contributed by atoms with van der Waals surface area (Å²) in [7, 11) is 0. The van der Waals surface area contributed by atoms with Crippen molar-refractivity contribution in [2.75, 3.05) is 0 Å². The van der Waals surface area contributed by atoms with Crippen LogP contribution >= 0.6 is 0 Å². The minimum absolute atomic E-state index is 0. The first kappa shape index (κ1) is 61.5. The number of hydrogen-bond acceptors (Lipinski definition) is 18. The maximum absolute atomic E-state index is 10.3. The molecule has 0 amide bonds. The van der Waals surface area contributed by atoms with E-state index in [0.717, 1.165) is 0 Å². The molecule has 0 bridgehead atoms. The van der Waals surface area contributed by atoms with Gasteiger partial charge in [0.15, 0.2) is 22.4 Å². The molecule has 0 aliphatic rings. The molecule has 0 aliphatic heterocycles. The second-order valence-electron chi connectivity index (χ2n) is 9.87. The number of aliphatic carboxylic acids is 12. The van der Waals surface area contributed by atoms with Crippen molar-refractivity contribution in [3.05, 3.63) is 0 Å². The molecular weight excluding hydrogens is 782 g/mol. The minimum Gasteiger partial charge on any atom is -0.550 e. The van der Waals surface area contributed by atoms with Gasteiger partial charge in [0.1, 0.15) is 0 Å². The third-order valence-corrected chi connectivity index (χ3v) is 5.13.